The minimum atomic E-state index is -1.65. The van der Waals surface area contributed by atoms with Gasteiger partial charge in [0.15, 0.2) is 0 Å². The maximum atomic E-state index is 6.35. The lowest BCUT2D eigenvalue weighted by molar-refractivity contribution is 0.126. The summed E-state index contributed by atoms with van der Waals surface area (Å²) in [6.45, 7) is 13.0. The Morgan fingerprint density at radius 1 is 1.59 bits per heavy atom. The SMILES string of the molecule is C=C(C)[C@@H]1CC[C@]2(C)SP(=S)(C(C)C)O[C@H]2C1. The molecule has 2 rings (SSSR count). The molecule has 0 spiro atoms. The zero-order chi connectivity index (χ0) is 12.8. The number of fused-ring (bicyclic) bond motifs is 1. The number of hydrogen-bond acceptors (Lipinski definition) is 3. The monoisotopic (exact) mass is 290 g/mol. The molecule has 17 heavy (non-hydrogen) atoms. The van der Waals surface area contributed by atoms with E-state index < -0.39 is 5.47 Å². The fourth-order valence-corrected chi connectivity index (χ4v) is 10.3. The summed E-state index contributed by atoms with van der Waals surface area (Å²) in [6.07, 6.45) is 3.97. The lowest BCUT2D eigenvalue weighted by atomic mass is 9.77. The van der Waals surface area contributed by atoms with Crippen LogP contribution in [-0.2, 0) is 16.3 Å². The standard InChI is InChI=1S/C13H23OPS2/c1-9(2)11-6-7-13(5)12(8-11)14-15(16,17-13)10(3)4/h10-12H,1,6-8H2,2-5H3/t11-,12+,13+,15?/m1/s1. The lowest BCUT2D eigenvalue weighted by Crippen LogP contribution is -2.39. The van der Waals surface area contributed by atoms with Crippen molar-refractivity contribution in [2.45, 2.75) is 63.5 Å². The van der Waals surface area contributed by atoms with Gasteiger partial charge in [-0.2, -0.15) is 0 Å². The van der Waals surface area contributed by atoms with Gasteiger partial charge in [-0.05, 0) is 39.0 Å². The van der Waals surface area contributed by atoms with Gasteiger partial charge >= 0.3 is 0 Å². The molecule has 0 N–H and O–H groups in total. The van der Waals surface area contributed by atoms with E-state index in [2.05, 4.69) is 34.3 Å². The highest BCUT2D eigenvalue weighted by Gasteiger charge is 2.52. The summed E-state index contributed by atoms with van der Waals surface area (Å²) in [7, 11) is 0. The van der Waals surface area contributed by atoms with Gasteiger partial charge in [-0.25, -0.2) is 0 Å². The quantitative estimate of drug-likeness (QED) is 0.525. The molecule has 2 fully saturated rings. The maximum absolute atomic E-state index is 6.35. The van der Waals surface area contributed by atoms with Crippen LogP contribution >= 0.6 is 16.8 Å². The van der Waals surface area contributed by atoms with Crippen LogP contribution in [0.2, 0.25) is 0 Å². The molecule has 4 atom stereocenters. The largest absolute Gasteiger partial charge is 0.336 e. The van der Waals surface area contributed by atoms with Gasteiger partial charge in [0.2, 0.25) is 0 Å². The van der Waals surface area contributed by atoms with E-state index in [1.807, 2.05) is 11.4 Å². The third-order valence-corrected chi connectivity index (χ3v) is 12.8. The molecule has 0 radical (unpaired) electrons. The third kappa shape index (κ3) is 2.54. The Kier molecular flexibility index (Phi) is 3.88. The van der Waals surface area contributed by atoms with Gasteiger partial charge in [-0.3, -0.25) is 0 Å². The first-order valence-corrected chi connectivity index (χ1v) is 10.6. The van der Waals surface area contributed by atoms with E-state index >= 15 is 0 Å². The van der Waals surface area contributed by atoms with Gasteiger partial charge in [0.05, 0.1) is 6.10 Å². The van der Waals surface area contributed by atoms with Crippen molar-refractivity contribution >= 4 is 28.7 Å². The second-order valence-corrected chi connectivity index (χ2v) is 13.9. The van der Waals surface area contributed by atoms with Crippen LogP contribution in [0.4, 0.5) is 0 Å². The average molecular weight is 290 g/mol. The van der Waals surface area contributed by atoms with Crippen molar-refractivity contribution in [3.8, 4) is 0 Å². The predicted molar refractivity (Wildman–Crippen MR) is 82.4 cm³/mol. The summed E-state index contributed by atoms with van der Waals surface area (Å²) in [5, 5.41) is 0. The Hall–Kier alpha value is 0.700. The minimum Gasteiger partial charge on any atom is -0.336 e. The number of allylic oxidation sites excluding steroid dienone is 1. The molecule has 0 aromatic carbocycles. The van der Waals surface area contributed by atoms with Gasteiger partial charge in [0, 0.05) is 10.4 Å². The molecule has 0 bridgehead atoms. The molecule has 1 aliphatic heterocycles. The zero-order valence-electron chi connectivity index (χ0n) is 11.2. The highest BCUT2D eigenvalue weighted by Crippen LogP contribution is 2.77. The molecule has 1 saturated heterocycles. The molecule has 1 nitrogen and oxygen atoms in total. The molecule has 1 saturated carbocycles. The molecule has 2 aliphatic rings. The first-order valence-electron chi connectivity index (χ1n) is 6.41. The van der Waals surface area contributed by atoms with Gasteiger partial charge in [0.1, 0.15) is 5.47 Å². The maximum Gasteiger partial charge on any atom is 0.123 e. The van der Waals surface area contributed by atoms with E-state index in [-0.39, 0.29) is 4.75 Å². The van der Waals surface area contributed by atoms with E-state index in [4.69, 9.17) is 16.3 Å². The highest BCUT2D eigenvalue weighted by molar-refractivity contribution is 8.70. The van der Waals surface area contributed by atoms with E-state index in [1.165, 1.54) is 18.4 Å². The first-order chi connectivity index (χ1) is 7.77. The molecule has 0 aromatic heterocycles. The van der Waals surface area contributed by atoms with Crippen LogP contribution in [0, 0.1) is 5.92 Å². The third-order valence-electron chi connectivity index (χ3n) is 4.11. The Bertz CT molecular complexity index is 380. The molecular formula is C13H23OPS2. The Morgan fingerprint density at radius 3 is 2.76 bits per heavy atom. The van der Waals surface area contributed by atoms with Crippen molar-refractivity contribution < 1.29 is 4.52 Å². The minimum absolute atomic E-state index is 0.270. The van der Waals surface area contributed by atoms with Crippen molar-refractivity contribution in [1.29, 1.82) is 0 Å². The molecule has 0 amide bonds. The number of hydrogen-bond donors (Lipinski definition) is 0. The van der Waals surface area contributed by atoms with E-state index in [0.717, 1.165) is 6.42 Å². The highest BCUT2D eigenvalue weighted by atomic mass is 32.9. The molecular weight excluding hydrogens is 267 g/mol. The second kappa shape index (κ2) is 4.67. The van der Waals surface area contributed by atoms with E-state index in [1.54, 1.807) is 0 Å². The molecule has 98 valence electrons. The molecule has 0 aromatic rings. The molecule has 1 aliphatic carbocycles. The van der Waals surface area contributed by atoms with Gasteiger partial charge in [-0.15, -0.1) is 0 Å². The summed E-state index contributed by atoms with van der Waals surface area (Å²) >= 11 is 7.81. The van der Waals surface area contributed by atoms with Crippen LogP contribution in [0.15, 0.2) is 12.2 Å². The molecule has 1 unspecified atom stereocenters. The number of rotatable bonds is 2. The zero-order valence-corrected chi connectivity index (χ0v) is 13.8. The van der Waals surface area contributed by atoms with E-state index in [9.17, 15) is 0 Å². The Balaban J connectivity index is 2.18. The van der Waals surface area contributed by atoms with Gasteiger partial charge in [-0.1, -0.05) is 49.2 Å². The van der Waals surface area contributed by atoms with Crippen LogP contribution in [-0.4, -0.2) is 16.5 Å². The van der Waals surface area contributed by atoms with Crippen LogP contribution in [0.25, 0.3) is 0 Å². The predicted octanol–water partition coefficient (Wildman–Crippen LogP) is 4.97. The topological polar surface area (TPSA) is 9.23 Å². The van der Waals surface area contributed by atoms with Gasteiger partial charge in [0.25, 0.3) is 0 Å². The smallest absolute Gasteiger partial charge is 0.123 e. The van der Waals surface area contributed by atoms with Crippen LogP contribution in [0.1, 0.15) is 47.0 Å². The fourth-order valence-electron chi connectivity index (χ4n) is 2.67. The summed E-state index contributed by atoms with van der Waals surface area (Å²) in [5.41, 5.74) is 0.155. The van der Waals surface area contributed by atoms with Crippen LogP contribution in [0.3, 0.4) is 0 Å². The Labute approximate surface area is 115 Å². The summed E-state index contributed by atoms with van der Waals surface area (Å²) < 4.78 is 6.62. The van der Waals surface area contributed by atoms with Crippen LogP contribution in [0.5, 0.6) is 0 Å². The fraction of sp³-hybridized carbons (Fsp3) is 0.846. The van der Waals surface area contributed by atoms with Crippen molar-refractivity contribution in [3.05, 3.63) is 12.2 Å². The molecule has 1 heterocycles. The van der Waals surface area contributed by atoms with E-state index in [0.29, 0.717) is 17.7 Å². The second-order valence-electron chi connectivity index (χ2n) is 5.95. The lowest BCUT2D eigenvalue weighted by Gasteiger charge is -2.37. The van der Waals surface area contributed by atoms with Crippen LogP contribution < -0.4 is 0 Å². The summed E-state index contributed by atoms with van der Waals surface area (Å²) in [6, 6.07) is 0. The van der Waals surface area contributed by atoms with Crippen molar-refractivity contribution in [3.63, 3.8) is 0 Å². The van der Waals surface area contributed by atoms with Gasteiger partial charge < -0.3 is 4.52 Å². The van der Waals surface area contributed by atoms with Crippen molar-refractivity contribution in [2.24, 2.45) is 5.92 Å². The summed E-state index contributed by atoms with van der Waals surface area (Å²) in [5.74, 6) is 0.641. The van der Waals surface area contributed by atoms with Crippen molar-refractivity contribution in [2.75, 3.05) is 0 Å². The first kappa shape index (κ1) is 14.1. The average Bonchev–Trinajstić information content (AvgIpc) is 2.48. The van der Waals surface area contributed by atoms with Crippen molar-refractivity contribution in [1.82, 2.24) is 0 Å². The Morgan fingerprint density at radius 2 is 2.24 bits per heavy atom. The summed E-state index contributed by atoms with van der Waals surface area (Å²) in [4.78, 5) is 0. The molecule has 4 heteroatoms. The normalized spacial score (nSPS) is 45.9.